The normalized spacial score (nSPS) is 17.8. The lowest BCUT2D eigenvalue weighted by Crippen LogP contribution is -2.26. The summed E-state index contributed by atoms with van der Waals surface area (Å²) in [7, 11) is 1.38. The van der Waals surface area contributed by atoms with Gasteiger partial charge in [0.15, 0.2) is 0 Å². The van der Waals surface area contributed by atoms with Crippen molar-refractivity contribution in [2.24, 2.45) is 5.92 Å². The third kappa shape index (κ3) is 4.77. The monoisotopic (exact) mass is 473 g/mol. The van der Waals surface area contributed by atoms with E-state index in [1.807, 2.05) is 12.1 Å². The Labute approximate surface area is 194 Å². The average Bonchev–Trinajstić information content (AvgIpc) is 3.30. The van der Waals surface area contributed by atoms with E-state index < -0.39 is 12.5 Å². The smallest absolute Gasteiger partial charge is 0.387 e. The summed E-state index contributed by atoms with van der Waals surface area (Å²) in [6, 6.07) is 6.70. The summed E-state index contributed by atoms with van der Waals surface area (Å²) in [5.74, 6) is 0.441. The third-order valence-corrected chi connectivity index (χ3v) is 5.93. The second-order valence-electron chi connectivity index (χ2n) is 8.45. The number of halogens is 2. The number of nitrogens with zero attached hydrogens (tertiary/aromatic N) is 2. The number of fused-ring (bicyclic) bond motifs is 1. The summed E-state index contributed by atoms with van der Waals surface area (Å²) in [5, 5.41) is 2.80. The summed E-state index contributed by atoms with van der Waals surface area (Å²) in [4.78, 5) is 17.2. The summed E-state index contributed by atoms with van der Waals surface area (Å²) >= 11 is 0. The van der Waals surface area contributed by atoms with E-state index in [2.05, 4.69) is 10.3 Å². The van der Waals surface area contributed by atoms with Gasteiger partial charge >= 0.3 is 6.61 Å². The van der Waals surface area contributed by atoms with Crippen LogP contribution in [0.15, 0.2) is 36.7 Å². The maximum atomic E-state index is 13.2. The molecule has 1 saturated carbocycles. The maximum absolute atomic E-state index is 13.2. The number of rotatable bonds is 9. The molecule has 1 aliphatic heterocycles. The lowest BCUT2D eigenvalue weighted by Gasteiger charge is -2.16. The van der Waals surface area contributed by atoms with Crippen LogP contribution in [0.1, 0.15) is 29.6 Å². The summed E-state index contributed by atoms with van der Waals surface area (Å²) < 4.78 is 49.6. The molecular weight excluding hydrogens is 448 g/mol. The van der Waals surface area contributed by atoms with Crippen LogP contribution in [0.2, 0.25) is 0 Å². The molecule has 1 aromatic carbocycles. The molecule has 0 spiro atoms. The van der Waals surface area contributed by atoms with Gasteiger partial charge in [0.1, 0.15) is 28.5 Å². The average molecular weight is 473 g/mol. The number of nitrogens with one attached hydrogen (secondary N) is 1. The molecule has 2 fully saturated rings. The first kappa shape index (κ1) is 22.4. The minimum absolute atomic E-state index is 0.0488. The zero-order valence-electron chi connectivity index (χ0n) is 18.6. The summed E-state index contributed by atoms with van der Waals surface area (Å²) in [6.07, 6.45) is 6.12. The van der Waals surface area contributed by atoms with Crippen molar-refractivity contribution in [1.29, 1.82) is 0 Å². The van der Waals surface area contributed by atoms with Crippen molar-refractivity contribution in [3.63, 3.8) is 0 Å². The molecule has 1 saturated heterocycles. The second-order valence-corrected chi connectivity index (χ2v) is 8.45. The molecule has 10 heteroatoms. The van der Waals surface area contributed by atoms with Crippen molar-refractivity contribution < 1.29 is 32.5 Å². The van der Waals surface area contributed by atoms with E-state index in [1.54, 1.807) is 22.9 Å². The van der Waals surface area contributed by atoms with Crippen molar-refractivity contribution in [3.05, 3.63) is 42.2 Å². The van der Waals surface area contributed by atoms with Crippen molar-refractivity contribution in [2.45, 2.75) is 31.9 Å². The predicted molar refractivity (Wildman–Crippen MR) is 119 cm³/mol. The van der Waals surface area contributed by atoms with Gasteiger partial charge in [0, 0.05) is 36.4 Å². The molecule has 3 aromatic rings. The van der Waals surface area contributed by atoms with Crippen LogP contribution in [0.3, 0.4) is 0 Å². The number of carbonyl (C=O) groups excluding carboxylic acids is 1. The molecule has 3 heterocycles. The van der Waals surface area contributed by atoms with E-state index in [1.165, 1.54) is 13.2 Å². The van der Waals surface area contributed by atoms with Gasteiger partial charge in [0.2, 0.25) is 0 Å². The Morgan fingerprint density at radius 1 is 1.26 bits per heavy atom. The molecule has 0 bridgehead atoms. The molecule has 1 aliphatic carbocycles. The number of imidazole rings is 1. The number of hydrogen-bond acceptors (Lipinski definition) is 6. The third-order valence-electron chi connectivity index (χ3n) is 5.93. The van der Waals surface area contributed by atoms with Crippen LogP contribution in [0.25, 0.3) is 16.9 Å². The minimum Gasteiger partial charge on any atom is -0.496 e. The number of amides is 1. The first-order valence-electron chi connectivity index (χ1n) is 11.2. The first-order chi connectivity index (χ1) is 16.5. The van der Waals surface area contributed by atoms with Crippen LogP contribution in [-0.4, -0.2) is 54.9 Å². The fourth-order valence-electron chi connectivity index (χ4n) is 3.99. The minimum atomic E-state index is -3.10. The highest BCUT2D eigenvalue weighted by atomic mass is 19.3. The SMILES string of the molecule is COc1cc(-c2cnc3cc(OCC4CCOC4)ccn23)cc(OC(F)F)c1C(=O)NC1CC1. The molecule has 2 aliphatic rings. The zero-order valence-corrected chi connectivity index (χ0v) is 18.6. The fraction of sp³-hybridized carbons (Fsp3) is 0.417. The highest BCUT2D eigenvalue weighted by Crippen LogP contribution is 2.37. The van der Waals surface area contributed by atoms with Gasteiger partial charge < -0.3 is 24.3 Å². The molecule has 8 nitrogen and oxygen atoms in total. The fourth-order valence-corrected chi connectivity index (χ4v) is 3.99. The number of methoxy groups -OCH3 is 1. The van der Waals surface area contributed by atoms with Gasteiger partial charge in [-0.3, -0.25) is 9.20 Å². The number of pyridine rings is 1. The lowest BCUT2D eigenvalue weighted by atomic mass is 10.1. The zero-order chi connectivity index (χ0) is 23.7. The maximum Gasteiger partial charge on any atom is 0.387 e. The standard InChI is InChI=1S/C24H25F2N3O5/c1-31-19-8-15(9-20(34-24(25)26)22(19)23(30)28-16-2-3-16)18-11-27-21-10-17(4-6-29(18)21)33-13-14-5-7-32-12-14/h4,6,8-11,14,16,24H,2-3,5,7,12-13H2,1H3,(H,28,30). The van der Waals surface area contributed by atoms with Crippen LogP contribution in [0, 0.1) is 5.92 Å². The van der Waals surface area contributed by atoms with Crippen LogP contribution >= 0.6 is 0 Å². The number of hydrogen-bond donors (Lipinski definition) is 1. The Hall–Kier alpha value is -3.40. The van der Waals surface area contributed by atoms with E-state index >= 15 is 0 Å². The molecule has 0 radical (unpaired) electrons. The number of carbonyl (C=O) groups is 1. The molecule has 1 amide bonds. The van der Waals surface area contributed by atoms with Crippen LogP contribution in [-0.2, 0) is 4.74 Å². The lowest BCUT2D eigenvalue weighted by molar-refractivity contribution is -0.0502. The predicted octanol–water partition coefficient (Wildman–Crippen LogP) is 3.92. The van der Waals surface area contributed by atoms with E-state index in [4.69, 9.17) is 18.9 Å². The largest absolute Gasteiger partial charge is 0.496 e. The van der Waals surface area contributed by atoms with Crippen molar-refractivity contribution in [2.75, 3.05) is 26.9 Å². The van der Waals surface area contributed by atoms with E-state index in [9.17, 15) is 13.6 Å². The quantitative estimate of drug-likeness (QED) is 0.507. The number of ether oxygens (including phenoxy) is 4. The van der Waals surface area contributed by atoms with Gasteiger partial charge in [-0.25, -0.2) is 4.98 Å². The van der Waals surface area contributed by atoms with Gasteiger partial charge in [0.25, 0.3) is 5.91 Å². The van der Waals surface area contributed by atoms with Crippen LogP contribution < -0.4 is 19.5 Å². The molecule has 180 valence electrons. The summed E-state index contributed by atoms with van der Waals surface area (Å²) in [5.41, 5.74) is 1.71. The Bertz CT molecular complexity index is 1190. The van der Waals surface area contributed by atoms with Gasteiger partial charge in [-0.2, -0.15) is 8.78 Å². The Morgan fingerprint density at radius 3 is 2.79 bits per heavy atom. The molecule has 2 aromatic heterocycles. The van der Waals surface area contributed by atoms with Gasteiger partial charge in [-0.15, -0.1) is 0 Å². The van der Waals surface area contributed by atoms with E-state index in [-0.39, 0.29) is 23.1 Å². The number of alkyl halides is 2. The molecule has 1 unspecified atom stereocenters. The Morgan fingerprint density at radius 2 is 2.09 bits per heavy atom. The van der Waals surface area contributed by atoms with Gasteiger partial charge in [-0.05, 0) is 37.5 Å². The van der Waals surface area contributed by atoms with E-state index in [0.717, 1.165) is 25.9 Å². The molecule has 1 N–H and O–H groups in total. The van der Waals surface area contributed by atoms with Crippen molar-refractivity contribution in [3.8, 4) is 28.5 Å². The Balaban J connectivity index is 1.46. The number of benzene rings is 1. The highest BCUT2D eigenvalue weighted by Gasteiger charge is 2.29. The molecule has 34 heavy (non-hydrogen) atoms. The first-order valence-corrected chi connectivity index (χ1v) is 11.2. The molecule has 1 atom stereocenters. The Kier molecular flexibility index (Phi) is 6.23. The topological polar surface area (TPSA) is 83.3 Å². The van der Waals surface area contributed by atoms with Gasteiger partial charge in [-0.1, -0.05) is 0 Å². The number of aromatic nitrogens is 2. The van der Waals surface area contributed by atoms with Crippen LogP contribution in [0.4, 0.5) is 8.78 Å². The molecule has 5 rings (SSSR count). The van der Waals surface area contributed by atoms with Gasteiger partial charge in [0.05, 0.1) is 32.2 Å². The highest BCUT2D eigenvalue weighted by molar-refractivity contribution is 6.01. The van der Waals surface area contributed by atoms with Crippen molar-refractivity contribution in [1.82, 2.24) is 14.7 Å². The second kappa shape index (κ2) is 9.46. The van der Waals surface area contributed by atoms with Crippen molar-refractivity contribution >= 4 is 11.6 Å². The van der Waals surface area contributed by atoms with Crippen LogP contribution in [0.5, 0.6) is 17.2 Å². The molecular formula is C24H25F2N3O5. The summed E-state index contributed by atoms with van der Waals surface area (Å²) in [6.45, 7) is -1.06. The van der Waals surface area contributed by atoms with E-state index in [0.29, 0.717) is 41.8 Å².